The van der Waals surface area contributed by atoms with Crippen molar-refractivity contribution >= 4 is 5.95 Å². The molecule has 0 bridgehead atoms. The Morgan fingerprint density at radius 1 is 1.41 bits per heavy atom. The number of hydrogen-bond acceptors (Lipinski definition) is 4. The first kappa shape index (κ1) is 11.2. The molecule has 0 amide bonds. The molecule has 0 spiro atoms. The van der Waals surface area contributed by atoms with Crippen LogP contribution >= 0.6 is 0 Å². The van der Waals surface area contributed by atoms with Crippen molar-refractivity contribution in [2.24, 2.45) is 0 Å². The summed E-state index contributed by atoms with van der Waals surface area (Å²) in [5.41, 5.74) is 6.50. The Bertz CT molecular complexity index is 507. The molecule has 17 heavy (non-hydrogen) atoms. The van der Waals surface area contributed by atoms with E-state index in [1.54, 1.807) is 0 Å². The second-order valence-electron chi connectivity index (χ2n) is 3.53. The maximum Gasteiger partial charge on any atom is 0.239 e. The second-order valence-corrected chi connectivity index (χ2v) is 3.53. The summed E-state index contributed by atoms with van der Waals surface area (Å²) in [6.45, 7) is 4.04. The van der Waals surface area contributed by atoms with E-state index in [9.17, 15) is 0 Å². The number of nitrogens with two attached hydrogens (primary N) is 1. The molecule has 0 unspecified atom stereocenters. The molecule has 2 rings (SSSR count). The van der Waals surface area contributed by atoms with Gasteiger partial charge in [0.1, 0.15) is 12.4 Å². The van der Waals surface area contributed by atoms with Gasteiger partial charge in [0.05, 0.1) is 0 Å². The highest BCUT2D eigenvalue weighted by Gasteiger charge is 2.04. The van der Waals surface area contributed by atoms with Gasteiger partial charge in [-0.3, -0.25) is 5.10 Å². The molecule has 2 aromatic rings. The number of nitrogen functional groups attached to an aromatic ring is 1. The number of hydrogen-bond donors (Lipinski definition) is 2. The molecule has 0 fully saturated rings. The average molecular weight is 230 g/mol. The van der Waals surface area contributed by atoms with Crippen molar-refractivity contribution in [1.82, 2.24) is 15.2 Å². The van der Waals surface area contributed by atoms with Gasteiger partial charge < -0.3 is 10.5 Å². The lowest BCUT2D eigenvalue weighted by molar-refractivity contribution is 0.294. The number of benzene rings is 1. The molecular formula is C12H14N4O. The van der Waals surface area contributed by atoms with Gasteiger partial charge >= 0.3 is 0 Å². The number of H-pyrrole nitrogens is 1. The first-order valence-electron chi connectivity index (χ1n) is 5.28. The molecule has 5 heteroatoms. The molecule has 5 nitrogen and oxygen atoms in total. The van der Waals surface area contributed by atoms with Crippen LogP contribution in [0.1, 0.15) is 11.4 Å². The second kappa shape index (κ2) is 5.16. The lowest BCUT2D eigenvalue weighted by atomic mass is 10.1. The molecule has 3 N–H and O–H groups in total. The first-order valence-corrected chi connectivity index (χ1v) is 5.28. The van der Waals surface area contributed by atoms with Crippen LogP contribution in [0, 0.1) is 0 Å². The predicted octanol–water partition coefficient (Wildman–Crippen LogP) is 1.69. The summed E-state index contributed by atoms with van der Waals surface area (Å²) < 4.78 is 5.65. The summed E-state index contributed by atoms with van der Waals surface area (Å²) in [5.74, 6) is 1.65. The molecule has 0 aliphatic heterocycles. The van der Waals surface area contributed by atoms with Crippen molar-refractivity contribution in [1.29, 1.82) is 0 Å². The van der Waals surface area contributed by atoms with E-state index >= 15 is 0 Å². The summed E-state index contributed by atoms with van der Waals surface area (Å²) in [5, 5.41) is 6.43. The Morgan fingerprint density at radius 3 is 2.94 bits per heavy atom. The van der Waals surface area contributed by atoms with Crippen molar-refractivity contribution in [3.63, 3.8) is 0 Å². The van der Waals surface area contributed by atoms with Gasteiger partial charge in [-0.05, 0) is 18.1 Å². The van der Waals surface area contributed by atoms with Gasteiger partial charge in [0.25, 0.3) is 0 Å². The lowest BCUT2D eigenvalue weighted by Crippen LogP contribution is -2.00. The molecule has 0 aliphatic carbocycles. The van der Waals surface area contributed by atoms with E-state index in [4.69, 9.17) is 10.5 Å². The number of para-hydroxylation sites is 1. The number of aromatic amines is 1. The van der Waals surface area contributed by atoms with E-state index < -0.39 is 0 Å². The molecule has 0 saturated heterocycles. The van der Waals surface area contributed by atoms with Crippen LogP contribution in [0.25, 0.3) is 0 Å². The Hall–Kier alpha value is -2.30. The number of nitrogens with one attached hydrogen (secondary N) is 1. The van der Waals surface area contributed by atoms with Gasteiger partial charge in [-0.1, -0.05) is 24.3 Å². The van der Waals surface area contributed by atoms with Crippen LogP contribution < -0.4 is 10.5 Å². The van der Waals surface area contributed by atoms with Gasteiger partial charge in [0, 0.05) is 0 Å². The van der Waals surface area contributed by atoms with E-state index in [0.717, 1.165) is 17.7 Å². The van der Waals surface area contributed by atoms with E-state index in [0.29, 0.717) is 12.4 Å². The minimum atomic E-state index is 0.225. The zero-order valence-electron chi connectivity index (χ0n) is 9.39. The molecule has 0 aliphatic rings. The van der Waals surface area contributed by atoms with Crippen LogP contribution in [0.2, 0.25) is 0 Å². The highest BCUT2D eigenvalue weighted by atomic mass is 16.5. The SMILES string of the molecule is C=CCc1ccccc1OCc1nc(N)n[nH]1. The average Bonchev–Trinajstić information content (AvgIpc) is 2.74. The molecule has 0 saturated carbocycles. The summed E-state index contributed by atoms with van der Waals surface area (Å²) in [6, 6.07) is 7.82. The molecule has 0 atom stereocenters. The van der Waals surface area contributed by atoms with E-state index in [2.05, 4.69) is 21.8 Å². The Labute approximate surface area is 99.3 Å². The van der Waals surface area contributed by atoms with Crippen LogP contribution in [0.4, 0.5) is 5.95 Å². The molecule has 88 valence electrons. The number of rotatable bonds is 5. The fourth-order valence-corrected chi connectivity index (χ4v) is 1.49. The topological polar surface area (TPSA) is 76.8 Å². The normalized spacial score (nSPS) is 10.1. The van der Waals surface area contributed by atoms with Crippen molar-refractivity contribution in [3.05, 3.63) is 48.3 Å². The summed E-state index contributed by atoms with van der Waals surface area (Å²) in [7, 11) is 0. The third kappa shape index (κ3) is 2.84. The number of nitrogens with zero attached hydrogens (tertiary/aromatic N) is 2. The van der Waals surface area contributed by atoms with Gasteiger partial charge in [-0.15, -0.1) is 11.7 Å². The summed E-state index contributed by atoms with van der Waals surface area (Å²) in [4.78, 5) is 3.97. The van der Waals surface area contributed by atoms with Gasteiger partial charge in [-0.25, -0.2) is 0 Å². The zero-order valence-corrected chi connectivity index (χ0v) is 9.39. The molecule has 1 aromatic carbocycles. The summed E-state index contributed by atoms with van der Waals surface area (Å²) >= 11 is 0. The molecular weight excluding hydrogens is 216 g/mol. The van der Waals surface area contributed by atoms with Crippen LogP contribution in [-0.4, -0.2) is 15.2 Å². The molecule has 1 heterocycles. The third-order valence-electron chi connectivity index (χ3n) is 2.25. The first-order chi connectivity index (χ1) is 8.29. The van der Waals surface area contributed by atoms with Crippen LogP contribution in [0.5, 0.6) is 5.75 Å². The maximum atomic E-state index is 5.65. The smallest absolute Gasteiger partial charge is 0.239 e. The van der Waals surface area contributed by atoms with Crippen molar-refractivity contribution in [3.8, 4) is 5.75 Å². The number of aromatic nitrogens is 3. The van der Waals surface area contributed by atoms with Crippen LogP contribution in [-0.2, 0) is 13.0 Å². The van der Waals surface area contributed by atoms with Gasteiger partial charge in [-0.2, -0.15) is 4.98 Å². The summed E-state index contributed by atoms with van der Waals surface area (Å²) in [6.07, 6.45) is 2.61. The van der Waals surface area contributed by atoms with Crippen molar-refractivity contribution in [2.75, 3.05) is 5.73 Å². The minimum absolute atomic E-state index is 0.225. The van der Waals surface area contributed by atoms with Crippen molar-refractivity contribution < 1.29 is 4.74 Å². The van der Waals surface area contributed by atoms with Crippen molar-refractivity contribution in [2.45, 2.75) is 13.0 Å². The van der Waals surface area contributed by atoms with Crippen LogP contribution in [0.15, 0.2) is 36.9 Å². The standard InChI is InChI=1S/C12H14N4O/c1-2-5-9-6-3-4-7-10(9)17-8-11-14-12(13)16-15-11/h2-4,6-7H,1,5,8H2,(H3,13,14,15,16). The van der Waals surface area contributed by atoms with Gasteiger partial charge in [0.2, 0.25) is 5.95 Å². The Morgan fingerprint density at radius 2 is 2.24 bits per heavy atom. The van der Waals surface area contributed by atoms with E-state index in [1.165, 1.54) is 0 Å². The zero-order chi connectivity index (χ0) is 12.1. The fourth-order valence-electron chi connectivity index (χ4n) is 1.49. The highest BCUT2D eigenvalue weighted by Crippen LogP contribution is 2.19. The van der Waals surface area contributed by atoms with E-state index in [-0.39, 0.29) is 5.95 Å². The number of anilines is 1. The predicted molar refractivity (Wildman–Crippen MR) is 65.5 cm³/mol. The molecule has 0 radical (unpaired) electrons. The quantitative estimate of drug-likeness (QED) is 0.766. The lowest BCUT2D eigenvalue weighted by Gasteiger charge is -2.08. The molecule has 1 aromatic heterocycles. The monoisotopic (exact) mass is 230 g/mol. The van der Waals surface area contributed by atoms with Gasteiger partial charge in [0.15, 0.2) is 5.82 Å². The number of allylic oxidation sites excluding steroid dienone is 1. The van der Waals surface area contributed by atoms with Crippen LogP contribution in [0.3, 0.4) is 0 Å². The largest absolute Gasteiger partial charge is 0.485 e. The highest BCUT2D eigenvalue weighted by molar-refractivity contribution is 5.34. The van der Waals surface area contributed by atoms with E-state index in [1.807, 2.05) is 30.3 Å². The maximum absolute atomic E-state index is 5.65. The number of ether oxygens (including phenoxy) is 1. The minimum Gasteiger partial charge on any atom is -0.485 e. The third-order valence-corrected chi connectivity index (χ3v) is 2.25. The Kier molecular flexibility index (Phi) is 3.40. The Balaban J connectivity index is 2.05. The fraction of sp³-hybridized carbons (Fsp3) is 0.167.